The molecule has 0 saturated carbocycles. The largest absolute Gasteiger partial charge is 0.368 e. The van der Waals surface area contributed by atoms with Crippen LogP contribution in [0, 0.1) is 11.3 Å². The molecule has 3 aromatic rings. The average Bonchev–Trinajstić information content (AvgIpc) is 3.32. The van der Waals surface area contributed by atoms with E-state index < -0.39 is 0 Å². The molecule has 5 heterocycles. The molecule has 3 aliphatic heterocycles. The average molecular weight is 454 g/mol. The number of rotatable bonds is 3. The summed E-state index contributed by atoms with van der Waals surface area (Å²) in [6.07, 6.45) is 3.91. The van der Waals surface area contributed by atoms with Gasteiger partial charge in [-0.25, -0.2) is 4.98 Å². The van der Waals surface area contributed by atoms with E-state index in [9.17, 15) is 5.26 Å². The monoisotopic (exact) mass is 453 g/mol. The third-order valence-corrected chi connectivity index (χ3v) is 7.94. The van der Waals surface area contributed by atoms with Crippen molar-refractivity contribution in [2.45, 2.75) is 44.4 Å². The summed E-state index contributed by atoms with van der Waals surface area (Å²) in [6.45, 7) is 7.33. The number of hydrogen-bond acceptors (Lipinski definition) is 7. The molecule has 2 fully saturated rings. The first-order chi connectivity index (χ1) is 16.6. The van der Waals surface area contributed by atoms with Crippen LogP contribution in [0.2, 0.25) is 0 Å². The summed E-state index contributed by atoms with van der Waals surface area (Å²) in [7, 11) is 2.21. The highest BCUT2D eigenvalue weighted by atomic mass is 15.4. The Morgan fingerprint density at radius 2 is 2.06 bits per heavy atom. The van der Waals surface area contributed by atoms with Gasteiger partial charge in [0, 0.05) is 87.3 Å². The fraction of sp³-hybridized carbons (Fsp3) is 0.444. The lowest BCUT2D eigenvalue weighted by Crippen LogP contribution is -2.55. The van der Waals surface area contributed by atoms with Crippen LogP contribution >= 0.6 is 0 Å². The molecule has 0 amide bonds. The van der Waals surface area contributed by atoms with Gasteiger partial charge in [-0.2, -0.15) is 5.26 Å². The zero-order chi connectivity index (χ0) is 23.2. The van der Waals surface area contributed by atoms with Crippen molar-refractivity contribution in [3.63, 3.8) is 0 Å². The lowest BCUT2D eigenvalue weighted by atomic mass is 10.0. The first-order valence-corrected chi connectivity index (χ1v) is 12.3. The lowest BCUT2D eigenvalue weighted by molar-refractivity contribution is 0.165. The molecule has 1 aromatic carbocycles. The van der Waals surface area contributed by atoms with E-state index in [-0.39, 0.29) is 0 Å². The maximum absolute atomic E-state index is 9.52. The van der Waals surface area contributed by atoms with Crippen LogP contribution in [-0.2, 0) is 13.0 Å². The smallest absolute Gasteiger partial charge is 0.128 e. The van der Waals surface area contributed by atoms with Crippen molar-refractivity contribution < 1.29 is 0 Å². The number of piperazine rings is 1. The molecule has 0 aliphatic carbocycles. The Hall–Kier alpha value is -3.21. The Balaban J connectivity index is 1.23. The molecule has 7 nitrogen and oxygen atoms in total. The molecule has 0 bridgehead atoms. The van der Waals surface area contributed by atoms with Gasteiger partial charge in [0.2, 0.25) is 0 Å². The molecule has 3 atom stereocenters. The van der Waals surface area contributed by atoms with Crippen LogP contribution in [0.3, 0.4) is 0 Å². The van der Waals surface area contributed by atoms with Crippen molar-refractivity contribution in [2.75, 3.05) is 43.0 Å². The highest BCUT2D eigenvalue weighted by Gasteiger charge is 2.41. The number of anilines is 2. The van der Waals surface area contributed by atoms with Crippen molar-refractivity contribution >= 4 is 22.4 Å². The Labute approximate surface area is 201 Å². The summed E-state index contributed by atoms with van der Waals surface area (Å²) >= 11 is 0. The molecule has 0 radical (unpaired) electrons. The molecular formula is C27H31N7. The van der Waals surface area contributed by atoms with Crippen LogP contribution < -0.4 is 15.1 Å². The van der Waals surface area contributed by atoms with Gasteiger partial charge in [-0.05, 0) is 49.2 Å². The summed E-state index contributed by atoms with van der Waals surface area (Å²) < 4.78 is 0. The van der Waals surface area contributed by atoms with E-state index >= 15 is 0 Å². The Morgan fingerprint density at radius 3 is 2.94 bits per heavy atom. The molecule has 174 valence electrons. The number of benzene rings is 1. The third kappa shape index (κ3) is 3.58. The highest BCUT2D eigenvalue weighted by Crippen LogP contribution is 2.35. The van der Waals surface area contributed by atoms with Gasteiger partial charge in [-0.3, -0.25) is 9.88 Å². The van der Waals surface area contributed by atoms with Crippen LogP contribution in [-0.4, -0.2) is 66.2 Å². The van der Waals surface area contributed by atoms with Gasteiger partial charge in [-0.1, -0.05) is 6.07 Å². The lowest BCUT2D eigenvalue weighted by Gasteiger charge is -2.43. The quantitative estimate of drug-likeness (QED) is 0.654. The summed E-state index contributed by atoms with van der Waals surface area (Å²) in [6, 6.07) is 16.2. The second-order valence-electron chi connectivity index (χ2n) is 9.95. The number of nitriles is 1. The zero-order valence-electron chi connectivity index (χ0n) is 19.9. The van der Waals surface area contributed by atoms with Crippen molar-refractivity contribution in [2.24, 2.45) is 0 Å². The van der Waals surface area contributed by atoms with Crippen LogP contribution in [0.25, 0.3) is 10.9 Å². The van der Waals surface area contributed by atoms with Gasteiger partial charge in [0.1, 0.15) is 11.9 Å². The SMILES string of the molecule is C[C@@H]1CN(c2ccc(C#N)c3ncccc23)C[C@@H]2C[C@@H](N(C)c3ccc4c(n3)CCNC4)CN21. The fourth-order valence-electron chi connectivity index (χ4n) is 6.10. The molecule has 1 N–H and O–H groups in total. The zero-order valence-corrected chi connectivity index (χ0v) is 19.9. The van der Waals surface area contributed by atoms with Gasteiger partial charge in [0.05, 0.1) is 11.1 Å². The molecule has 2 saturated heterocycles. The maximum atomic E-state index is 9.52. The molecule has 0 unspecified atom stereocenters. The minimum absolute atomic E-state index is 0.457. The van der Waals surface area contributed by atoms with Crippen molar-refractivity contribution in [1.82, 2.24) is 20.2 Å². The van der Waals surface area contributed by atoms with Gasteiger partial charge in [0.25, 0.3) is 0 Å². The summed E-state index contributed by atoms with van der Waals surface area (Å²) in [4.78, 5) is 17.1. The first kappa shape index (κ1) is 21.3. The van der Waals surface area contributed by atoms with E-state index in [1.165, 1.54) is 16.9 Å². The van der Waals surface area contributed by atoms with Crippen molar-refractivity contribution in [3.8, 4) is 6.07 Å². The second kappa shape index (κ2) is 8.53. The van der Waals surface area contributed by atoms with Gasteiger partial charge >= 0.3 is 0 Å². The molecule has 6 rings (SSSR count). The molecular weight excluding hydrogens is 422 g/mol. The van der Waals surface area contributed by atoms with E-state index in [0.29, 0.717) is 23.7 Å². The summed E-state index contributed by atoms with van der Waals surface area (Å²) in [5.74, 6) is 1.10. The van der Waals surface area contributed by atoms with E-state index in [1.807, 2.05) is 12.1 Å². The number of fused-ring (bicyclic) bond motifs is 3. The highest BCUT2D eigenvalue weighted by molar-refractivity contribution is 5.95. The molecule has 3 aliphatic rings. The molecule has 2 aromatic heterocycles. The Morgan fingerprint density at radius 1 is 1.15 bits per heavy atom. The van der Waals surface area contributed by atoms with Gasteiger partial charge in [0.15, 0.2) is 0 Å². The van der Waals surface area contributed by atoms with E-state index in [2.05, 4.69) is 69.3 Å². The van der Waals surface area contributed by atoms with E-state index in [4.69, 9.17) is 4.98 Å². The number of hydrogen-bond donors (Lipinski definition) is 1. The predicted molar refractivity (Wildman–Crippen MR) is 135 cm³/mol. The number of likely N-dealkylation sites (N-methyl/N-ethyl adjacent to an activating group) is 1. The minimum Gasteiger partial charge on any atom is -0.368 e. The molecule has 34 heavy (non-hydrogen) atoms. The van der Waals surface area contributed by atoms with E-state index in [1.54, 1.807) is 6.20 Å². The van der Waals surface area contributed by atoms with Crippen LogP contribution in [0.1, 0.15) is 30.2 Å². The molecule has 7 heteroatoms. The number of nitrogens with zero attached hydrogens (tertiary/aromatic N) is 6. The van der Waals surface area contributed by atoms with Crippen LogP contribution in [0.4, 0.5) is 11.5 Å². The minimum atomic E-state index is 0.457. The van der Waals surface area contributed by atoms with Gasteiger partial charge < -0.3 is 15.1 Å². The maximum Gasteiger partial charge on any atom is 0.128 e. The topological polar surface area (TPSA) is 71.3 Å². The molecule has 0 spiro atoms. The Kier molecular flexibility index (Phi) is 5.35. The third-order valence-electron chi connectivity index (χ3n) is 7.94. The van der Waals surface area contributed by atoms with E-state index in [0.717, 1.165) is 62.3 Å². The normalized spacial score (nSPS) is 24.5. The fourth-order valence-corrected chi connectivity index (χ4v) is 6.10. The number of nitrogens with one attached hydrogen (secondary N) is 1. The number of aromatic nitrogens is 2. The first-order valence-electron chi connectivity index (χ1n) is 12.3. The summed E-state index contributed by atoms with van der Waals surface area (Å²) in [5, 5.41) is 14.0. The van der Waals surface area contributed by atoms with Crippen molar-refractivity contribution in [1.29, 1.82) is 5.26 Å². The standard InChI is InChI=1S/C27H31N7/c1-18-15-33(25-7-5-19(13-28)27-23(25)4-3-10-30-27)16-22-12-21(17-34(18)22)32(2)26-8-6-20-14-29-11-9-24(20)31-26/h3-8,10,18,21-22,29H,9,11-12,14-17H2,1-2H3/t18-,21-,22+/m1/s1. The van der Waals surface area contributed by atoms with Crippen LogP contribution in [0.5, 0.6) is 0 Å². The van der Waals surface area contributed by atoms with Crippen molar-refractivity contribution in [3.05, 3.63) is 59.4 Å². The predicted octanol–water partition coefficient (Wildman–Crippen LogP) is 2.93. The van der Waals surface area contributed by atoms with Gasteiger partial charge in [-0.15, -0.1) is 0 Å². The Bertz CT molecular complexity index is 1270. The summed E-state index contributed by atoms with van der Waals surface area (Å²) in [5.41, 5.74) is 5.22. The van der Waals surface area contributed by atoms with Crippen LogP contribution in [0.15, 0.2) is 42.6 Å². The second-order valence-corrected chi connectivity index (χ2v) is 9.95. The number of pyridine rings is 2.